The summed E-state index contributed by atoms with van der Waals surface area (Å²) in [7, 11) is 0. The third-order valence-electron chi connectivity index (χ3n) is 4.75. The second-order valence-corrected chi connectivity index (χ2v) is 7.54. The molecule has 1 aromatic heterocycles. The van der Waals surface area contributed by atoms with E-state index in [1.165, 1.54) is 23.5 Å². The maximum atomic E-state index is 12.5. The summed E-state index contributed by atoms with van der Waals surface area (Å²) < 4.78 is 12.3. The first kappa shape index (κ1) is 16.9. The Morgan fingerprint density at radius 2 is 2.08 bits per heavy atom. The summed E-state index contributed by atoms with van der Waals surface area (Å²) in [4.78, 5) is 18.7. The summed E-state index contributed by atoms with van der Waals surface area (Å²) >= 11 is 1.31. The van der Waals surface area contributed by atoms with E-state index in [1.807, 2.05) is 17.9 Å². The average molecular weight is 368 g/mol. The van der Waals surface area contributed by atoms with Gasteiger partial charge < -0.3 is 14.4 Å². The van der Waals surface area contributed by atoms with Crippen LogP contribution in [0.5, 0.6) is 0 Å². The van der Waals surface area contributed by atoms with Crippen LogP contribution in [0.4, 0.5) is 5.13 Å². The van der Waals surface area contributed by atoms with Crippen LogP contribution in [0.1, 0.15) is 30.9 Å². The lowest BCUT2D eigenvalue weighted by Gasteiger charge is -2.38. The molecule has 0 aliphatic carbocycles. The number of fused-ring (bicyclic) bond motifs is 1. The van der Waals surface area contributed by atoms with Crippen molar-refractivity contribution < 1.29 is 9.47 Å². The molecule has 8 heteroatoms. The first-order valence-corrected chi connectivity index (χ1v) is 9.21. The molecule has 1 unspecified atom stereocenters. The number of anilines is 1. The second kappa shape index (κ2) is 6.33. The molecular formula is C18H16N4O3S. The minimum absolute atomic E-state index is 0.101. The minimum atomic E-state index is -0.517. The Bertz CT molecular complexity index is 1010. The standard InChI is InChI=1S/C18H16N4O3S/c1-11-10-24-18(25-11)2-4-22(5-3-18)17-21-16(23)14-7-12(8-19)6-13(9-20)15(14)26-17/h6-7,11H,2-5,10H2,1H3. The highest BCUT2D eigenvalue weighted by Gasteiger charge is 2.42. The number of nitriles is 2. The number of hydrogen-bond acceptors (Lipinski definition) is 8. The molecule has 0 N–H and O–H groups in total. The van der Waals surface area contributed by atoms with Crippen molar-refractivity contribution in [1.29, 1.82) is 10.5 Å². The van der Waals surface area contributed by atoms with Crippen LogP contribution in [0, 0.1) is 22.7 Å². The molecule has 1 atom stereocenters. The fraction of sp³-hybridized carbons (Fsp3) is 0.444. The van der Waals surface area contributed by atoms with E-state index < -0.39 is 11.3 Å². The lowest BCUT2D eigenvalue weighted by molar-refractivity contribution is -0.178. The summed E-state index contributed by atoms with van der Waals surface area (Å²) in [5.41, 5.74) is 0.205. The van der Waals surface area contributed by atoms with Gasteiger partial charge >= 0.3 is 0 Å². The topological polar surface area (TPSA) is 99.2 Å². The van der Waals surface area contributed by atoms with Gasteiger partial charge in [-0.25, -0.2) is 0 Å². The number of hydrogen-bond donors (Lipinski definition) is 0. The van der Waals surface area contributed by atoms with Crippen molar-refractivity contribution in [2.75, 3.05) is 24.6 Å². The first-order valence-electron chi connectivity index (χ1n) is 8.39. The van der Waals surface area contributed by atoms with Crippen LogP contribution in [0.25, 0.3) is 10.1 Å². The van der Waals surface area contributed by atoms with Gasteiger partial charge in [0.2, 0.25) is 0 Å². The highest BCUT2D eigenvalue weighted by atomic mass is 32.1. The number of aromatic nitrogens is 1. The number of benzene rings is 1. The maximum Gasteiger partial charge on any atom is 0.281 e. The molecule has 26 heavy (non-hydrogen) atoms. The highest BCUT2D eigenvalue weighted by molar-refractivity contribution is 7.22. The lowest BCUT2D eigenvalue weighted by Crippen LogP contribution is -2.45. The molecule has 0 saturated carbocycles. The monoisotopic (exact) mass is 368 g/mol. The molecule has 2 aliphatic rings. The van der Waals surface area contributed by atoms with Crippen LogP contribution < -0.4 is 10.5 Å². The van der Waals surface area contributed by atoms with Crippen LogP contribution in [-0.4, -0.2) is 36.6 Å². The molecule has 132 valence electrons. The predicted molar refractivity (Wildman–Crippen MR) is 96.0 cm³/mol. The Hall–Kier alpha value is -2.52. The fourth-order valence-corrected chi connectivity index (χ4v) is 4.54. The molecule has 1 aromatic carbocycles. The van der Waals surface area contributed by atoms with Crippen LogP contribution in [-0.2, 0) is 9.47 Å². The molecule has 0 radical (unpaired) electrons. The van der Waals surface area contributed by atoms with Crippen LogP contribution in [0.15, 0.2) is 16.9 Å². The van der Waals surface area contributed by atoms with Crippen molar-refractivity contribution in [2.45, 2.75) is 31.7 Å². The molecule has 2 fully saturated rings. The van der Waals surface area contributed by atoms with Crippen LogP contribution in [0.3, 0.4) is 0 Å². The Balaban J connectivity index is 1.67. The van der Waals surface area contributed by atoms with Gasteiger partial charge in [0, 0.05) is 25.9 Å². The molecule has 0 amide bonds. The predicted octanol–water partition coefficient (Wildman–Crippen LogP) is 2.13. The third kappa shape index (κ3) is 2.82. The van der Waals surface area contributed by atoms with Crippen molar-refractivity contribution in [3.8, 4) is 12.1 Å². The normalized spacial score (nSPS) is 21.7. The molecule has 4 rings (SSSR count). The Labute approximate surface area is 154 Å². The molecule has 3 heterocycles. The zero-order chi connectivity index (χ0) is 18.3. The van der Waals surface area contributed by atoms with Crippen molar-refractivity contribution in [3.63, 3.8) is 0 Å². The third-order valence-corrected chi connectivity index (χ3v) is 5.93. The Kier molecular flexibility index (Phi) is 4.12. The van der Waals surface area contributed by atoms with Crippen LogP contribution >= 0.6 is 11.3 Å². The quantitative estimate of drug-likeness (QED) is 0.760. The summed E-state index contributed by atoms with van der Waals surface area (Å²) in [5.74, 6) is -0.517. The van der Waals surface area contributed by atoms with E-state index in [9.17, 15) is 10.1 Å². The number of nitrogens with zero attached hydrogens (tertiary/aromatic N) is 4. The summed E-state index contributed by atoms with van der Waals surface area (Å²) in [6, 6.07) is 7.07. The SMILES string of the molecule is CC1COC2(CCN(c3nc(=O)c4cc(C#N)cc(C#N)c4s3)CC2)O1. The van der Waals surface area contributed by atoms with E-state index in [-0.39, 0.29) is 11.7 Å². The van der Waals surface area contributed by atoms with Gasteiger partial charge in [0.25, 0.3) is 5.56 Å². The summed E-state index contributed by atoms with van der Waals surface area (Å²) in [5, 5.41) is 19.4. The van der Waals surface area contributed by atoms with Crippen molar-refractivity contribution in [2.24, 2.45) is 0 Å². The lowest BCUT2D eigenvalue weighted by atomic mass is 10.0. The molecule has 2 saturated heterocycles. The van der Waals surface area contributed by atoms with Crippen molar-refractivity contribution in [3.05, 3.63) is 33.6 Å². The van der Waals surface area contributed by atoms with Gasteiger partial charge in [0.05, 0.1) is 40.0 Å². The largest absolute Gasteiger partial charge is 0.348 e. The van der Waals surface area contributed by atoms with Gasteiger partial charge in [-0.05, 0) is 19.1 Å². The van der Waals surface area contributed by atoms with Gasteiger partial charge in [0.1, 0.15) is 6.07 Å². The van der Waals surface area contributed by atoms with E-state index in [4.69, 9.17) is 14.7 Å². The van der Waals surface area contributed by atoms with Crippen LogP contribution in [0.2, 0.25) is 0 Å². The van der Waals surface area contributed by atoms with E-state index in [2.05, 4.69) is 11.1 Å². The average Bonchev–Trinajstić information content (AvgIpc) is 3.01. The molecule has 1 spiro atoms. The zero-order valence-corrected chi connectivity index (χ0v) is 15.0. The Morgan fingerprint density at radius 3 is 2.69 bits per heavy atom. The van der Waals surface area contributed by atoms with Gasteiger partial charge in [-0.3, -0.25) is 4.79 Å². The van der Waals surface area contributed by atoms with E-state index in [0.717, 1.165) is 0 Å². The van der Waals surface area contributed by atoms with Gasteiger partial charge in [-0.15, -0.1) is 0 Å². The minimum Gasteiger partial charge on any atom is -0.348 e. The number of ether oxygens (including phenoxy) is 2. The highest BCUT2D eigenvalue weighted by Crippen LogP contribution is 2.36. The fourth-order valence-electron chi connectivity index (χ4n) is 3.45. The summed E-state index contributed by atoms with van der Waals surface area (Å²) in [6.07, 6.45) is 1.51. The summed E-state index contributed by atoms with van der Waals surface area (Å²) in [6.45, 7) is 3.93. The van der Waals surface area contributed by atoms with E-state index in [1.54, 1.807) is 0 Å². The van der Waals surface area contributed by atoms with Gasteiger partial charge in [0.15, 0.2) is 10.9 Å². The number of piperidine rings is 1. The van der Waals surface area contributed by atoms with Crippen molar-refractivity contribution >= 4 is 26.6 Å². The molecule has 2 aromatic rings. The first-order chi connectivity index (χ1) is 12.5. The van der Waals surface area contributed by atoms with E-state index >= 15 is 0 Å². The smallest absolute Gasteiger partial charge is 0.281 e. The number of rotatable bonds is 1. The van der Waals surface area contributed by atoms with Crippen molar-refractivity contribution in [1.82, 2.24) is 4.98 Å². The zero-order valence-electron chi connectivity index (χ0n) is 14.2. The second-order valence-electron chi connectivity index (χ2n) is 6.56. The Morgan fingerprint density at radius 1 is 1.31 bits per heavy atom. The molecule has 7 nitrogen and oxygen atoms in total. The molecule has 2 aliphatic heterocycles. The maximum absolute atomic E-state index is 12.5. The molecular weight excluding hydrogens is 352 g/mol. The molecule has 0 bridgehead atoms. The van der Waals surface area contributed by atoms with Gasteiger partial charge in [-0.1, -0.05) is 11.3 Å². The van der Waals surface area contributed by atoms with Gasteiger partial charge in [-0.2, -0.15) is 15.5 Å². The van der Waals surface area contributed by atoms with E-state index in [0.29, 0.717) is 53.3 Å².